The van der Waals surface area contributed by atoms with Gasteiger partial charge in [-0.05, 0) is 65.4 Å². The van der Waals surface area contributed by atoms with E-state index < -0.39 is 0 Å². The highest BCUT2D eigenvalue weighted by molar-refractivity contribution is 7.26. The van der Waals surface area contributed by atoms with Crippen molar-refractivity contribution in [1.29, 1.82) is 0 Å². The average molecular weight is 615 g/mol. The van der Waals surface area contributed by atoms with Crippen molar-refractivity contribution in [3.8, 4) is 0 Å². The van der Waals surface area contributed by atoms with Gasteiger partial charge < -0.3 is 0 Å². The number of anilines is 3. The van der Waals surface area contributed by atoms with Crippen LogP contribution in [0.2, 0.25) is 0 Å². The van der Waals surface area contributed by atoms with Gasteiger partial charge in [0.25, 0.3) is 0 Å². The van der Waals surface area contributed by atoms with Gasteiger partial charge in [-0.3, -0.25) is 4.90 Å². The van der Waals surface area contributed by atoms with E-state index in [1.807, 2.05) is 40.2 Å². The van der Waals surface area contributed by atoms with E-state index in [9.17, 15) is 0 Å². The second kappa shape index (κ2) is 9.34. The number of benzene rings is 6. The van der Waals surface area contributed by atoms with Crippen LogP contribution in [0.15, 0.2) is 134 Å². The molecule has 0 saturated carbocycles. The molecule has 44 heavy (non-hydrogen) atoms. The molecule has 10 rings (SSSR count). The normalized spacial score (nSPS) is 12.1. The fourth-order valence-electron chi connectivity index (χ4n) is 6.66. The van der Waals surface area contributed by atoms with Crippen LogP contribution >= 0.6 is 34.0 Å². The first-order chi connectivity index (χ1) is 21.8. The number of aromatic nitrogens is 1. The van der Waals surface area contributed by atoms with Crippen LogP contribution in [-0.4, -0.2) is 4.98 Å². The Hall–Kier alpha value is -4.81. The van der Waals surface area contributed by atoms with Gasteiger partial charge in [-0.2, -0.15) is 0 Å². The topological polar surface area (TPSA) is 16.1 Å². The molecule has 4 aromatic heterocycles. The van der Waals surface area contributed by atoms with E-state index in [1.165, 1.54) is 71.3 Å². The summed E-state index contributed by atoms with van der Waals surface area (Å²) in [7, 11) is 0. The minimum atomic E-state index is 0.963. The standard InChI is InChI=1S/C39H22N2S3/c1-2-8-24-20-35-31(19-23(24)7-1)38-34(44-35)17-18-40-39(38)41(25-13-15-29-27-9-3-5-11-32(27)42-36(29)21-25)26-14-16-30-28-10-4-6-12-33(28)43-37(30)22-26/h1-22H. The van der Waals surface area contributed by atoms with Crippen LogP contribution in [0.25, 0.3) is 71.3 Å². The van der Waals surface area contributed by atoms with Gasteiger partial charge in [-0.15, -0.1) is 34.0 Å². The summed E-state index contributed by atoms with van der Waals surface area (Å²) < 4.78 is 7.72. The predicted octanol–water partition coefficient (Wildman–Crippen LogP) is 12.8. The summed E-state index contributed by atoms with van der Waals surface area (Å²) in [6.07, 6.45) is 1.97. The second-order valence-electron chi connectivity index (χ2n) is 11.2. The zero-order chi connectivity index (χ0) is 28.8. The molecule has 0 fully saturated rings. The maximum absolute atomic E-state index is 5.15. The number of rotatable bonds is 3. The highest BCUT2D eigenvalue weighted by atomic mass is 32.1. The van der Waals surface area contributed by atoms with E-state index in [1.54, 1.807) is 0 Å². The van der Waals surface area contributed by atoms with Crippen LogP contribution < -0.4 is 4.90 Å². The highest BCUT2D eigenvalue weighted by Gasteiger charge is 2.22. The summed E-state index contributed by atoms with van der Waals surface area (Å²) in [6, 6.07) is 46.7. The number of hydrogen-bond donors (Lipinski definition) is 0. The van der Waals surface area contributed by atoms with Crippen molar-refractivity contribution in [2.24, 2.45) is 0 Å². The Morgan fingerprint density at radius 3 is 1.59 bits per heavy atom. The summed E-state index contributed by atoms with van der Waals surface area (Å²) in [5, 5.41) is 10.2. The zero-order valence-electron chi connectivity index (χ0n) is 23.3. The van der Waals surface area contributed by atoms with Crippen molar-refractivity contribution in [2.45, 2.75) is 0 Å². The van der Waals surface area contributed by atoms with Crippen molar-refractivity contribution in [3.05, 3.63) is 134 Å². The zero-order valence-corrected chi connectivity index (χ0v) is 25.8. The quantitative estimate of drug-likeness (QED) is 0.197. The smallest absolute Gasteiger partial charge is 0.146 e. The van der Waals surface area contributed by atoms with Gasteiger partial charge in [0, 0.05) is 78.1 Å². The molecule has 10 aromatic rings. The van der Waals surface area contributed by atoms with Crippen LogP contribution in [0.3, 0.4) is 0 Å². The first kappa shape index (κ1) is 24.6. The summed E-state index contributed by atoms with van der Waals surface area (Å²) in [4.78, 5) is 7.52. The van der Waals surface area contributed by atoms with E-state index in [0.29, 0.717) is 0 Å². The fraction of sp³-hybridized carbons (Fsp3) is 0. The third-order valence-electron chi connectivity index (χ3n) is 8.68. The average Bonchev–Trinajstić information content (AvgIpc) is 3.74. The maximum atomic E-state index is 5.15. The first-order valence-electron chi connectivity index (χ1n) is 14.6. The molecular weight excluding hydrogens is 593 g/mol. The molecule has 0 aliphatic carbocycles. The van der Waals surface area contributed by atoms with Crippen molar-refractivity contribution in [1.82, 2.24) is 4.98 Å². The van der Waals surface area contributed by atoms with Crippen molar-refractivity contribution < 1.29 is 0 Å². The van der Waals surface area contributed by atoms with Gasteiger partial charge in [0.15, 0.2) is 0 Å². The van der Waals surface area contributed by atoms with Crippen molar-refractivity contribution in [2.75, 3.05) is 4.90 Å². The predicted molar refractivity (Wildman–Crippen MR) is 195 cm³/mol. The van der Waals surface area contributed by atoms with Gasteiger partial charge in [0.2, 0.25) is 0 Å². The molecule has 0 radical (unpaired) electrons. The van der Waals surface area contributed by atoms with Crippen LogP contribution in [0.4, 0.5) is 17.2 Å². The Morgan fingerprint density at radius 2 is 0.932 bits per heavy atom. The maximum Gasteiger partial charge on any atom is 0.146 e. The minimum absolute atomic E-state index is 0.963. The third-order valence-corrected chi connectivity index (χ3v) is 12.1. The van der Waals surface area contributed by atoms with Crippen LogP contribution in [-0.2, 0) is 0 Å². The number of nitrogens with zero attached hydrogens (tertiary/aromatic N) is 2. The van der Waals surface area contributed by atoms with E-state index in [-0.39, 0.29) is 0 Å². The Kier molecular flexibility index (Phi) is 5.23. The molecule has 0 saturated heterocycles. The lowest BCUT2D eigenvalue weighted by molar-refractivity contribution is 1.21. The van der Waals surface area contributed by atoms with Gasteiger partial charge in [0.1, 0.15) is 5.82 Å². The Labute approximate surface area is 264 Å². The van der Waals surface area contributed by atoms with Crippen LogP contribution in [0, 0.1) is 0 Å². The van der Waals surface area contributed by atoms with E-state index in [0.717, 1.165) is 17.2 Å². The summed E-state index contributed by atoms with van der Waals surface area (Å²) in [5.41, 5.74) is 2.23. The van der Waals surface area contributed by atoms with E-state index in [2.05, 4.69) is 132 Å². The second-order valence-corrected chi connectivity index (χ2v) is 14.4. The van der Waals surface area contributed by atoms with Crippen LogP contribution in [0.5, 0.6) is 0 Å². The molecular formula is C39H22N2S3. The van der Waals surface area contributed by atoms with E-state index in [4.69, 9.17) is 4.98 Å². The van der Waals surface area contributed by atoms with Crippen LogP contribution in [0.1, 0.15) is 0 Å². The number of hydrogen-bond acceptors (Lipinski definition) is 5. The van der Waals surface area contributed by atoms with E-state index >= 15 is 0 Å². The Morgan fingerprint density at radius 1 is 0.409 bits per heavy atom. The Bertz CT molecular complexity index is 2630. The molecule has 0 aliphatic heterocycles. The third kappa shape index (κ3) is 3.61. The molecule has 0 N–H and O–H groups in total. The molecule has 5 heteroatoms. The van der Waals surface area contributed by atoms with Gasteiger partial charge in [0.05, 0.1) is 0 Å². The lowest BCUT2D eigenvalue weighted by Gasteiger charge is -2.25. The fourth-order valence-corrected chi connectivity index (χ4v) is 10.1. The SMILES string of the molecule is c1ccc2cc3c(cc2c1)sc1ccnc(N(c2ccc4c(c2)sc2ccccc24)c2ccc4c(c2)sc2ccccc24)c13. The molecule has 2 nitrogen and oxygen atoms in total. The highest BCUT2D eigenvalue weighted by Crippen LogP contribution is 2.47. The number of thiophene rings is 3. The summed E-state index contributed by atoms with van der Waals surface area (Å²) in [6.45, 7) is 0. The largest absolute Gasteiger partial charge is 0.294 e. The van der Waals surface area contributed by atoms with Gasteiger partial charge in [-0.25, -0.2) is 4.98 Å². The minimum Gasteiger partial charge on any atom is -0.294 e. The molecule has 0 aliphatic rings. The monoisotopic (exact) mass is 614 g/mol. The molecule has 6 aromatic carbocycles. The van der Waals surface area contributed by atoms with Gasteiger partial charge >= 0.3 is 0 Å². The summed E-state index contributed by atoms with van der Waals surface area (Å²) >= 11 is 5.56. The molecule has 0 bridgehead atoms. The molecule has 0 spiro atoms. The van der Waals surface area contributed by atoms with Crippen molar-refractivity contribution >= 4 is 122 Å². The number of pyridine rings is 1. The summed E-state index contributed by atoms with van der Waals surface area (Å²) in [5.74, 6) is 0.963. The molecule has 206 valence electrons. The molecule has 4 heterocycles. The molecule has 0 amide bonds. The molecule has 0 unspecified atom stereocenters. The molecule has 0 atom stereocenters. The van der Waals surface area contributed by atoms with Crippen molar-refractivity contribution in [3.63, 3.8) is 0 Å². The lowest BCUT2D eigenvalue weighted by atomic mass is 10.1. The lowest BCUT2D eigenvalue weighted by Crippen LogP contribution is -2.11. The Balaban J connectivity index is 1.28. The van der Waals surface area contributed by atoms with Gasteiger partial charge in [-0.1, -0.05) is 72.8 Å². The first-order valence-corrected chi connectivity index (χ1v) is 17.1. The number of fused-ring (bicyclic) bond motifs is 10.